The highest BCUT2D eigenvalue weighted by atomic mass is 32.1. The predicted molar refractivity (Wildman–Crippen MR) is 258 cm³/mol. The Labute approximate surface area is 361 Å². The van der Waals surface area contributed by atoms with Gasteiger partial charge in [-0.15, -0.1) is 45.3 Å². The summed E-state index contributed by atoms with van der Waals surface area (Å²) in [5, 5.41) is 4.29. The smallest absolute Gasteiger partial charge is 0.0988 e. The highest BCUT2D eigenvalue weighted by Gasteiger charge is 2.20. The molecule has 0 fully saturated rings. The van der Waals surface area contributed by atoms with E-state index in [1.165, 1.54) is 130 Å². The number of unbranched alkanes of at least 4 members (excludes halogenated alkanes) is 10. The molecule has 0 unspecified atom stereocenters. The van der Waals surface area contributed by atoms with Gasteiger partial charge in [0.15, 0.2) is 0 Å². The van der Waals surface area contributed by atoms with Crippen LogP contribution < -0.4 is 0 Å². The first-order chi connectivity index (χ1) is 28.7. The van der Waals surface area contributed by atoms with Gasteiger partial charge in [0.05, 0.1) is 22.4 Å². The molecular formula is C52H54N2S4. The van der Waals surface area contributed by atoms with Crippen molar-refractivity contribution >= 4 is 56.4 Å². The molecular weight excluding hydrogens is 781 g/mol. The lowest BCUT2D eigenvalue weighted by Gasteiger charge is -2.15. The van der Waals surface area contributed by atoms with Gasteiger partial charge in [0, 0.05) is 51.5 Å². The Morgan fingerprint density at radius 3 is 1.17 bits per heavy atom. The van der Waals surface area contributed by atoms with Gasteiger partial charge >= 0.3 is 0 Å². The zero-order valence-electron chi connectivity index (χ0n) is 34.0. The second kappa shape index (κ2) is 20.2. The average Bonchev–Trinajstić information content (AvgIpc) is 4.12. The maximum atomic E-state index is 5.60. The number of aromatic nitrogens is 2. The summed E-state index contributed by atoms with van der Waals surface area (Å²) in [6, 6.07) is 40.5. The Hall–Kier alpha value is -4.20. The van der Waals surface area contributed by atoms with Crippen molar-refractivity contribution in [3.63, 3.8) is 0 Å². The monoisotopic (exact) mass is 834 g/mol. The van der Waals surface area contributed by atoms with Crippen LogP contribution in [0.3, 0.4) is 0 Å². The van der Waals surface area contributed by atoms with E-state index in [0.717, 1.165) is 44.7 Å². The van der Waals surface area contributed by atoms with Crippen LogP contribution in [0.4, 0.5) is 0 Å². The Bertz CT molecular complexity index is 2290. The minimum Gasteiger partial charge on any atom is -0.243 e. The van der Waals surface area contributed by atoms with E-state index in [9.17, 15) is 0 Å². The molecule has 0 radical (unpaired) electrons. The average molecular weight is 835 g/mol. The lowest BCUT2D eigenvalue weighted by atomic mass is 9.99. The molecule has 5 heterocycles. The van der Waals surface area contributed by atoms with Crippen molar-refractivity contribution in [1.82, 2.24) is 9.97 Å². The summed E-state index contributed by atoms with van der Waals surface area (Å²) >= 11 is 7.39. The first kappa shape index (κ1) is 40.6. The fraction of sp³-hybridized carbons (Fsp3) is 0.308. The Morgan fingerprint density at radius 2 is 0.776 bits per heavy atom. The number of nitrogens with zero attached hydrogens (tertiary/aromatic N) is 2. The SMILES string of the molecule is CCCCCCCCc1ccc(-c2ccc(-c3nc4c(-c5cccs5)ccc(-c5cccs5)c4nc3-c3ccc(-c4ccc(CCCCCCCC)s4)cc3)cc2)s1. The summed E-state index contributed by atoms with van der Waals surface area (Å²) in [4.78, 5) is 19.3. The van der Waals surface area contributed by atoms with Gasteiger partial charge in [-0.1, -0.05) is 151 Å². The van der Waals surface area contributed by atoms with E-state index in [0.29, 0.717) is 0 Å². The second-order valence-corrected chi connectivity index (χ2v) is 19.7. The minimum absolute atomic E-state index is 0.917. The summed E-state index contributed by atoms with van der Waals surface area (Å²) in [5.41, 5.74) is 10.7. The van der Waals surface area contributed by atoms with Crippen LogP contribution in [-0.4, -0.2) is 9.97 Å². The van der Waals surface area contributed by atoms with E-state index in [1.54, 1.807) is 22.7 Å². The van der Waals surface area contributed by atoms with E-state index >= 15 is 0 Å². The molecule has 0 aliphatic heterocycles. The number of hydrogen-bond acceptors (Lipinski definition) is 6. The Morgan fingerprint density at radius 1 is 0.379 bits per heavy atom. The summed E-state index contributed by atoms with van der Waals surface area (Å²) < 4.78 is 0. The van der Waals surface area contributed by atoms with Gasteiger partial charge in [-0.05, 0) is 84.0 Å². The number of aryl methyl sites for hydroxylation is 2. The molecule has 6 heteroatoms. The first-order valence-corrected chi connectivity index (χ1v) is 24.9. The molecule has 296 valence electrons. The van der Waals surface area contributed by atoms with Gasteiger partial charge in [-0.2, -0.15) is 0 Å². The molecule has 0 amide bonds. The molecule has 58 heavy (non-hydrogen) atoms. The zero-order chi connectivity index (χ0) is 39.5. The molecule has 0 saturated heterocycles. The highest BCUT2D eigenvalue weighted by Crippen LogP contribution is 2.42. The van der Waals surface area contributed by atoms with Crippen molar-refractivity contribution < 1.29 is 0 Å². The number of benzene rings is 3. The molecule has 3 aromatic carbocycles. The Kier molecular flexibility index (Phi) is 14.1. The number of thiophene rings is 4. The van der Waals surface area contributed by atoms with Gasteiger partial charge in [0.1, 0.15) is 0 Å². The predicted octanol–water partition coefficient (Wildman–Crippen LogP) is 17.7. The lowest BCUT2D eigenvalue weighted by molar-refractivity contribution is 0.609. The molecule has 2 nitrogen and oxygen atoms in total. The molecule has 0 N–H and O–H groups in total. The molecule has 0 spiro atoms. The molecule has 0 bridgehead atoms. The number of rotatable bonds is 20. The van der Waals surface area contributed by atoms with E-state index in [2.05, 4.69) is 134 Å². The van der Waals surface area contributed by atoms with Gasteiger partial charge in [-0.3, -0.25) is 0 Å². The highest BCUT2D eigenvalue weighted by molar-refractivity contribution is 7.16. The third-order valence-corrected chi connectivity index (χ3v) is 15.4. The van der Waals surface area contributed by atoms with Crippen LogP contribution in [0, 0.1) is 0 Å². The van der Waals surface area contributed by atoms with Crippen LogP contribution in [0.15, 0.2) is 120 Å². The summed E-state index contributed by atoms with van der Waals surface area (Å²) in [6.07, 6.45) is 18.4. The quantitative estimate of drug-likeness (QED) is 0.0715. The third kappa shape index (κ3) is 9.80. The lowest BCUT2D eigenvalue weighted by Crippen LogP contribution is -1.98. The van der Waals surface area contributed by atoms with Crippen LogP contribution in [0.25, 0.3) is 75.3 Å². The molecule has 0 atom stereocenters. The summed E-state index contributed by atoms with van der Waals surface area (Å²) in [5.74, 6) is 0. The van der Waals surface area contributed by atoms with Crippen molar-refractivity contribution in [2.45, 2.75) is 104 Å². The largest absolute Gasteiger partial charge is 0.243 e. The van der Waals surface area contributed by atoms with Crippen molar-refractivity contribution in [3.8, 4) is 64.3 Å². The third-order valence-electron chi connectivity index (χ3n) is 11.2. The van der Waals surface area contributed by atoms with Crippen LogP contribution in [0.2, 0.25) is 0 Å². The topological polar surface area (TPSA) is 25.8 Å². The fourth-order valence-corrected chi connectivity index (χ4v) is 11.5. The maximum Gasteiger partial charge on any atom is 0.0988 e. The Balaban J connectivity index is 1.12. The second-order valence-electron chi connectivity index (χ2n) is 15.5. The molecule has 0 aliphatic rings. The molecule has 8 aromatic rings. The van der Waals surface area contributed by atoms with E-state index in [4.69, 9.17) is 9.97 Å². The van der Waals surface area contributed by atoms with Crippen LogP contribution in [0.5, 0.6) is 0 Å². The van der Waals surface area contributed by atoms with Crippen molar-refractivity contribution in [2.24, 2.45) is 0 Å². The van der Waals surface area contributed by atoms with Crippen LogP contribution >= 0.6 is 45.3 Å². The van der Waals surface area contributed by atoms with Crippen molar-refractivity contribution in [2.75, 3.05) is 0 Å². The normalized spacial score (nSPS) is 11.6. The van der Waals surface area contributed by atoms with Crippen LogP contribution in [0.1, 0.15) is 101 Å². The molecule has 5 aromatic heterocycles. The minimum atomic E-state index is 0.917. The van der Waals surface area contributed by atoms with E-state index in [-0.39, 0.29) is 0 Å². The molecule has 0 saturated carbocycles. The van der Waals surface area contributed by atoms with E-state index in [1.807, 2.05) is 22.7 Å². The van der Waals surface area contributed by atoms with Crippen molar-refractivity contribution in [1.29, 1.82) is 0 Å². The first-order valence-electron chi connectivity index (χ1n) is 21.5. The van der Waals surface area contributed by atoms with Gasteiger partial charge in [-0.25, -0.2) is 9.97 Å². The van der Waals surface area contributed by atoms with E-state index < -0.39 is 0 Å². The molecule has 0 aliphatic carbocycles. The standard InChI is InChI=1S/C52H54N2S4/c1-3-5-7-9-11-13-17-41-29-33-45(57-41)37-21-25-39(26-22-37)49-50(40-27-23-38(24-28-40)46-34-30-42(58-46)18-14-12-10-8-6-4-2)54-52-44(48-20-16-36-56-48)32-31-43(51(52)53-49)47-19-15-35-55-47/h15-16,19-36H,3-14,17-18H2,1-2H3. The van der Waals surface area contributed by atoms with Gasteiger partial charge in [0.2, 0.25) is 0 Å². The van der Waals surface area contributed by atoms with Crippen LogP contribution in [-0.2, 0) is 12.8 Å². The fourth-order valence-electron chi connectivity index (χ4n) is 7.88. The summed E-state index contributed by atoms with van der Waals surface area (Å²) in [7, 11) is 0. The maximum absolute atomic E-state index is 5.60. The van der Waals surface area contributed by atoms with Crippen molar-refractivity contribution in [3.05, 3.63) is 130 Å². The number of fused-ring (bicyclic) bond motifs is 1. The molecule has 8 rings (SSSR count). The summed E-state index contributed by atoms with van der Waals surface area (Å²) in [6.45, 7) is 4.57. The number of hydrogen-bond donors (Lipinski definition) is 0. The van der Waals surface area contributed by atoms with Gasteiger partial charge in [0.25, 0.3) is 0 Å². The zero-order valence-corrected chi connectivity index (χ0v) is 37.2. The van der Waals surface area contributed by atoms with Gasteiger partial charge < -0.3 is 0 Å².